The number of hydrogen-bond donors (Lipinski definition) is 0. The molecule has 27 heavy (non-hydrogen) atoms. The van der Waals surface area contributed by atoms with Crippen LogP contribution in [0.25, 0.3) is 11.3 Å². The zero-order valence-electron chi connectivity index (χ0n) is 15.8. The summed E-state index contributed by atoms with van der Waals surface area (Å²) in [5, 5.41) is 4.38. The first-order valence-corrected chi connectivity index (χ1v) is 8.93. The van der Waals surface area contributed by atoms with Gasteiger partial charge in [0, 0.05) is 38.8 Å². The van der Waals surface area contributed by atoms with Gasteiger partial charge < -0.3 is 19.3 Å². The maximum atomic E-state index is 12.8. The topological polar surface area (TPSA) is 76.9 Å². The molecular formula is C19H24N4O4. The molecule has 0 atom stereocenters. The van der Waals surface area contributed by atoms with Crippen LogP contribution in [-0.2, 0) is 11.8 Å². The fourth-order valence-corrected chi connectivity index (χ4v) is 3.09. The van der Waals surface area contributed by atoms with Gasteiger partial charge in [0.15, 0.2) is 5.69 Å². The Morgan fingerprint density at radius 2 is 1.81 bits per heavy atom. The first kappa shape index (κ1) is 18.8. The molecule has 1 aromatic carbocycles. The minimum atomic E-state index is -0.331. The number of ether oxygens (including phenoxy) is 2. The Balaban J connectivity index is 1.70. The summed E-state index contributed by atoms with van der Waals surface area (Å²) in [7, 11) is 3.43. The van der Waals surface area contributed by atoms with Gasteiger partial charge in [0.25, 0.3) is 5.91 Å². The third-order valence-corrected chi connectivity index (χ3v) is 4.56. The Kier molecular flexibility index (Phi) is 5.63. The molecule has 1 fully saturated rings. The summed E-state index contributed by atoms with van der Waals surface area (Å²) in [5.74, 6) is 0.611. The van der Waals surface area contributed by atoms with Gasteiger partial charge in [0.1, 0.15) is 5.75 Å². The molecule has 2 heterocycles. The average Bonchev–Trinajstić information content (AvgIpc) is 3.09. The van der Waals surface area contributed by atoms with E-state index in [9.17, 15) is 9.59 Å². The number of piperazine rings is 1. The second-order valence-electron chi connectivity index (χ2n) is 6.25. The second-order valence-corrected chi connectivity index (χ2v) is 6.25. The van der Waals surface area contributed by atoms with Gasteiger partial charge in [0.2, 0.25) is 0 Å². The van der Waals surface area contributed by atoms with E-state index in [0.717, 1.165) is 17.0 Å². The van der Waals surface area contributed by atoms with E-state index in [-0.39, 0.29) is 12.0 Å². The summed E-state index contributed by atoms with van der Waals surface area (Å²) < 4.78 is 12.0. The van der Waals surface area contributed by atoms with Crippen LogP contribution in [-0.4, -0.2) is 71.5 Å². The molecule has 1 aliphatic rings. The number of carbonyl (C=O) groups excluding carboxylic acids is 2. The standard InChI is InChI=1S/C19H24N4O4/c1-4-27-19(25)23-10-8-22(9-11-23)18(24)16-13-17(21(2)20-16)14-6-5-7-15(12-14)26-3/h5-7,12-13H,4,8-11H2,1-3H3. The molecule has 144 valence electrons. The molecular weight excluding hydrogens is 348 g/mol. The van der Waals surface area contributed by atoms with E-state index < -0.39 is 0 Å². The highest BCUT2D eigenvalue weighted by Crippen LogP contribution is 2.24. The Labute approximate surface area is 158 Å². The Morgan fingerprint density at radius 1 is 1.11 bits per heavy atom. The zero-order valence-corrected chi connectivity index (χ0v) is 15.8. The maximum absolute atomic E-state index is 12.8. The third kappa shape index (κ3) is 4.05. The van der Waals surface area contributed by atoms with Crippen LogP contribution in [0, 0.1) is 0 Å². The molecule has 0 unspecified atom stereocenters. The summed E-state index contributed by atoms with van der Waals surface area (Å²) in [6.07, 6.45) is -0.331. The quantitative estimate of drug-likeness (QED) is 0.821. The number of rotatable bonds is 4. The van der Waals surface area contributed by atoms with Gasteiger partial charge in [-0.25, -0.2) is 4.79 Å². The molecule has 8 nitrogen and oxygen atoms in total. The lowest BCUT2D eigenvalue weighted by Crippen LogP contribution is -2.50. The highest BCUT2D eigenvalue weighted by molar-refractivity contribution is 5.93. The van der Waals surface area contributed by atoms with E-state index in [4.69, 9.17) is 9.47 Å². The molecule has 1 aliphatic heterocycles. The molecule has 0 aliphatic carbocycles. The van der Waals surface area contributed by atoms with E-state index in [1.165, 1.54) is 0 Å². The van der Waals surface area contributed by atoms with Gasteiger partial charge in [-0.3, -0.25) is 9.48 Å². The van der Waals surface area contributed by atoms with Crippen molar-refractivity contribution in [2.75, 3.05) is 39.9 Å². The highest BCUT2D eigenvalue weighted by atomic mass is 16.6. The van der Waals surface area contributed by atoms with Crippen molar-refractivity contribution in [2.45, 2.75) is 6.92 Å². The molecule has 0 bridgehead atoms. The summed E-state index contributed by atoms with van der Waals surface area (Å²) >= 11 is 0. The SMILES string of the molecule is CCOC(=O)N1CCN(C(=O)c2cc(-c3cccc(OC)c3)n(C)n2)CC1. The normalized spacial score (nSPS) is 14.2. The van der Waals surface area contributed by atoms with E-state index in [1.807, 2.05) is 31.3 Å². The van der Waals surface area contributed by atoms with Crippen molar-refractivity contribution in [3.05, 3.63) is 36.0 Å². The number of benzene rings is 1. The Bertz CT molecular complexity index is 825. The first-order valence-electron chi connectivity index (χ1n) is 8.93. The molecule has 2 aromatic rings. The van der Waals surface area contributed by atoms with Gasteiger partial charge >= 0.3 is 6.09 Å². The van der Waals surface area contributed by atoms with Crippen LogP contribution in [0.15, 0.2) is 30.3 Å². The third-order valence-electron chi connectivity index (χ3n) is 4.56. The van der Waals surface area contributed by atoms with Crippen LogP contribution in [0.5, 0.6) is 5.75 Å². The molecule has 1 aromatic heterocycles. The molecule has 3 rings (SSSR count). The largest absolute Gasteiger partial charge is 0.497 e. The summed E-state index contributed by atoms with van der Waals surface area (Å²) in [6.45, 7) is 3.96. The van der Waals surface area contributed by atoms with Gasteiger partial charge in [0.05, 0.1) is 19.4 Å². The van der Waals surface area contributed by atoms with Gasteiger partial charge in [-0.05, 0) is 25.1 Å². The summed E-state index contributed by atoms with van der Waals surface area (Å²) in [4.78, 5) is 27.9. The van der Waals surface area contributed by atoms with Crippen molar-refractivity contribution in [2.24, 2.45) is 7.05 Å². The molecule has 1 saturated heterocycles. The van der Waals surface area contributed by atoms with E-state index >= 15 is 0 Å². The fraction of sp³-hybridized carbons (Fsp3) is 0.421. The van der Waals surface area contributed by atoms with Gasteiger partial charge in [-0.2, -0.15) is 5.10 Å². The number of aromatic nitrogens is 2. The van der Waals surface area contributed by atoms with Crippen LogP contribution in [0.4, 0.5) is 4.79 Å². The Morgan fingerprint density at radius 3 is 2.48 bits per heavy atom. The molecule has 0 radical (unpaired) electrons. The monoisotopic (exact) mass is 372 g/mol. The zero-order chi connectivity index (χ0) is 19.4. The van der Waals surface area contributed by atoms with Crippen molar-refractivity contribution < 1.29 is 19.1 Å². The van der Waals surface area contributed by atoms with Crippen LogP contribution in [0.1, 0.15) is 17.4 Å². The van der Waals surface area contributed by atoms with Crippen molar-refractivity contribution >= 4 is 12.0 Å². The fourth-order valence-electron chi connectivity index (χ4n) is 3.09. The minimum Gasteiger partial charge on any atom is -0.497 e. The van der Waals surface area contributed by atoms with Crippen LogP contribution in [0.3, 0.4) is 0 Å². The minimum absolute atomic E-state index is 0.136. The van der Waals surface area contributed by atoms with Crippen LogP contribution in [0.2, 0.25) is 0 Å². The summed E-state index contributed by atoms with van der Waals surface area (Å²) in [6, 6.07) is 9.41. The number of carbonyl (C=O) groups is 2. The Hall–Kier alpha value is -3.03. The lowest BCUT2D eigenvalue weighted by Gasteiger charge is -2.33. The molecule has 2 amide bonds. The van der Waals surface area contributed by atoms with E-state index in [2.05, 4.69) is 5.10 Å². The highest BCUT2D eigenvalue weighted by Gasteiger charge is 2.27. The predicted molar refractivity (Wildman–Crippen MR) is 99.7 cm³/mol. The van der Waals surface area contributed by atoms with Crippen molar-refractivity contribution in [3.8, 4) is 17.0 Å². The number of methoxy groups -OCH3 is 1. The molecule has 8 heteroatoms. The lowest BCUT2D eigenvalue weighted by molar-refractivity contribution is 0.0565. The van der Waals surface area contributed by atoms with Crippen LogP contribution >= 0.6 is 0 Å². The van der Waals surface area contributed by atoms with Crippen molar-refractivity contribution in [1.29, 1.82) is 0 Å². The first-order chi connectivity index (χ1) is 13.0. The maximum Gasteiger partial charge on any atom is 0.409 e. The predicted octanol–water partition coefficient (Wildman–Crippen LogP) is 2.01. The van der Waals surface area contributed by atoms with E-state index in [1.54, 1.807) is 34.6 Å². The number of nitrogens with zero attached hydrogens (tertiary/aromatic N) is 4. The van der Waals surface area contributed by atoms with Crippen LogP contribution < -0.4 is 4.74 Å². The van der Waals surface area contributed by atoms with Crippen molar-refractivity contribution in [3.63, 3.8) is 0 Å². The number of amides is 2. The lowest BCUT2D eigenvalue weighted by atomic mass is 10.1. The van der Waals surface area contributed by atoms with Gasteiger partial charge in [-0.1, -0.05) is 12.1 Å². The van der Waals surface area contributed by atoms with E-state index in [0.29, 0.717) is 38.5 Å². The smallest absolute Gasteiger partial charge is 0.409 e. The summed E-state index contributed by atoms with van der Waals surface area (Å²) in [5.41, 5.74) is 2.15. The molecule has 0 spiro atoms. The molecule has 0 saturated carbocycles. The molecule has 0 N–H and O–H groups in total. The van der Waals surface area contributed by atoms with Crippen molar-refractivity contribution in [1.82, 2.24) is 19.6 Å². The second kappa shape index (κ2) is 8.11. The number of hydrogen-bond acceptors (Lipinski definition) is 5. The average molecular weight is 372 g/mol. The number of aryl methyl sites for hydroxylation is 1. The van der Waals surface area contributed by atoms with Gasteiger partial charge in [-0.15, -0.1) is 0 Å².